The monoisotopic (exact) mass is 482 g/mol. The number of hydrogen-bond acceptors (Lipinski definition) is 6. The Morgan fingerprint density at radius 3 is 2.69 bits per heavy atom. The van der Waals surface area contributed by atoms with E-state index in [0.717, 1.165) is 23.4 Å². The maximum Gasteiger partial charge on any atom is 0.410 e. The van der Waals surface area contributed by atoms with E-state index < -0.39 is 23.8 Å². The van der Waals surface area contributed by atoms with Crippen molar-refractivity contribution >= 4 is 18.1 Å². The van der Waals surface area contributed by atoms with Crippen molar-refractivity contribution in [1.82, 2.24) is 19.4 Å². The lowest BCUT2D eigenvalue weighted by Gasteiger charge is -2.35. The molecule has 1 N–H and O–H groups in total. The number of β-amino-alcohol motifs (C(OH)–C–C–N with tert-alkyl or cyclic N) is 1. The summed E-state index contributed by atoms with van der Waals surface area (Å²) in [5.74, 6) is 0.565. The van der Waals surface area contributed by atoms with Gasteiger partial charge < -0.3 is 28.9 Å². The molecule has 2 aliphatic heterocycles. The summed E-state index contributed by atoms with van der Waals surface area (Å²) >= 11 is 0. The van der Waals surface area contributed by atoms with Crippen molar-refractivity contribution in [1.29, 1.82) is 0 Å². The Kier molecular flexibility index (Phi) is 6.89. The lowest BCUT2D eigenvalue weighted by molar-refractivity contribution is -0.132. The molecule has 0 radical (unpaired) electrons. The third-order valence-corrected chi connectivity index (χ3v) is 6.23. The quantitative estimate of drug-likeness (QED) is 0.673. The van der Waals surface area contributed by atoms with Gasteiger partial charge in [-0.05, 0) is 64.3 Å². The van der Waals surface area contributed by atoms with Crippen molar-refractivity contribution in [2.75, 3.05) is 26.7 Å². The van der Waals surface area contributed by atoms with Gasteiger partial charge in [-0.25, -0.2) is 9.78 Å². The summed E-state index contributed by atoms with van der Waals surface area (Å²) in [5, 5.41) is 10.7. The van der Waals surface area contributed by atoms with Gasteiger partial charge in [0.2, 0.25) is 5.91 Å². The molecule has 2 amide bonds. The van der Waals surface area contributed by atoms with Crippen LogP contribution in [0.15, 0.2) is 36.3 Å². The highest BCUT2D eigenvalue weighted by Crippen LogP contribution is 2.29. The summed E-state index contributed by atoms with van der Waals surface area (Å²) in [5.41, 5.74) is 2.68. The number of aliphatic hydroxyl groups excluding tert-OH is 1. The molecule has 2 saturated heterocycles. The van der Waals surface area contributed by atoms with E-state index in [9.17, 15) is 14.7 Å². The van der Waals surface area contributed by atoms with Crippen LogP contribution in [-0.2, 0) is 9.53 Å². The fraction of sp³-hybridized carbons (Fsp3) is 0.500. The summed E-state index contributed by atoms with van der Waals surface area (Å²) in [4.78, 5) is 33.3. The van der Waals surface area contributed by atoms with Gasteiger partial charge in [-0.3, -0.25) is 4.79 Å². The van der Waals surface area contributed by atoms with Crippen LogP contribution < -0.4 is 4.74 Å². The Balaban J connectivity index is 1.51. The van der Waals surface area contributed by atoms with Crippen molar-refractivity contribution in [3.8, 4) is 11.4 Å². The van der Waals surface area contributed by atoms with Crippen LogP contribution >= 0.6 is 0 Å². The van der Waals surface area contributed by atoms with Gasteiger partial charge in [0.1, 0.15) is 11.4 Å². The summed E-state index contributed by atoms with van der Waals surface area (Å²) in [7, 11) is 1.62. The third-order valence-electron chi connectivity index (χ3n) is 6.23. The molecule has 9 nitrogen and oxygen atoms in total. The van der Waals surface area contributed by atoms with Crippen molar-refractivity contribution in [3.63, 3.8) is 0 Å². The second kappa shape index (κ2) is 9.73. The number of nitrogens with zero attached hydrogens (tertiary/aromatic N) is 4. The second-order valence-corrected chi connectivity index (χ2v) is 10.1. The van der Waals surface area contributed by atoms with Crippen LogP contribution in [0.25, 0.3) is 11.8 Å². The standard InChI is InChI=1S/C26H34N4O5/c1-17-13-29(16-27-17)20-9-8-18(12-23(20)34-5)11-19-7-6-10-30(24(19)32)21-14-28(15-22(21)31)25(33)35-26(2,3)4/h8-9,11-13,16,21-22,31H,6-7,10,14-15H2,1-5H3/b19-11+/t21-,22+/m0/s1. The van der Waals surface area contributed by atoms with Gasteiger partial charge in [-0.15, -0.1) is 0 Å². The molecule has 2 atom stereocenters. The lowest BCUT2D eigenvalue weighted by Crippen LogP contribution is -2.49. The van der Waals surface area contributed by atoms with E-state index in [0.29, 0.717) is 24.3 Å². The van der Waals surface area contributed by atoms with E-state index in [1.54, 1.807) is 39.1 Å². The molecule has 0 saturated carbocycles. The Hall–Kier alpha value is -3.33. The number of carbonyl (C=O) groups excluding carboxylic acids is 2. The third kappa shape index (κ3) is 5.51. The highest BCUT2D eigenvalue weighted by Gasteiger charge is 2.42. The Labute approximate surface area is 205 Å². The first-order valence-corrected chi connectivity index (χ1v) is 11.9. The van der Waals surface area contributed by atoms with E-state index in [1.807, 2.05) is 42.0 Å². The van der Waals surface area contributed by atoms with Crippen LogP contribution in [0.4, 0.5) is 4.79 Å². The number of rotatable bonds is 4. The summed E-state index contributed by atoms with van der Waals surface area (Å²) in [6, 6.07) is 5.33. The van der Waals surface area contributed by atoms with E-state index in [2.05, 4.69) is 4.98 Å². The number of likely N-dealkylation sites (tertiary alicyclic amines) is 2. The fourth-order valence-corrected chi connectivity index (χ4v) is 4.59. The number of ether oxygens (including phenoxy) is 2. The zero-order valence-electron chi connectivity index (χ0n) is 21.0. The smallest absolute Gasteiger partial charge is 0.410 e. The molecule has 2 aromatic rings. The van der Waals surface area contributed by atoms with Gasteiger partial charge in [-0.1, -0.05) is 6.07 Å². The maximum absolute atomic E-state index is 13.4. The molecular formula is C26H34N4O5. The number of hydrogen-bond donors (Lipinski definition) is 1. The van der Waals surface area contributed by atoms with Gasteiger partial charge in [0.05, 0.1) is 43.5 Å². The van der Waals surface area contributed by atoms with Gasteiger partial charge in [0, 0.05) is 24.9 Å². The fourth-order valence-electron chi connectivity index (χ4n) is 4.59. The number of imidazole rings is 1. The average molecular weight is 483 g/mol. The Morgan fingerprint density at radius 1 is 1.26 bits per heavy atom. The van der Waals surface area contributed by atoms with Crippen LogP contribution in [-0.4, -0.2) is 80.9 Å². The molecule has 0 bridgehead atoms. The van der Waals surface area contributed by atoms with Crippen LogP contribution in [0.2, 0.25) is 0 Å². The first kappa shape index (κ1) is 24.8. The average Bonchev–Trinajstić information content (AvgIpc) is 3.39. The van der Waals surface area contributed by atoms with Crippen molar-refractivity contribution < 1.29 is 24.2 Å². The van der Waals surface area contributed by atoms with E-state index in [-0.39, 0.29) is 19.0 Å². The zero-order chi connectivity index (χ0) is 25.3. The number of carbonyl (C=O) groups is 2. The van der Waals surface area contributed by atoms with Gasteiger partial charge in [0.25, 0.3) is 0 Å². The molecule has 0 spiro atoms. The van der Waals surface area contributed by atoms with E-state index >= 15 is 0 Å². The highest BCUT2D eigenvalue weighted by atomic mass is 16.6. The number of amides is 2. The summed E-state index contributed by atoms with van der Waals surface area (Å²) in [6.45, 7) is 8.28. The number of methoxy groups -OCH3 is 1. The number of piperidine rings is 1. The molecule has 2 aliphatic rings. The number of aliphatic hydroxyl groups is 1. The molecule has 3 heterocycles. The van der Waals surface area contributed by atoms with Crippen LogP contribution in [0.1, 0.15) is 44.9 Å². The number of benzene rings is 1. The molecule has 1 aromatic carbocycles. The minimum absolute atomic E-state index is 0.111. The number of aryl methyl sites for hydroxylation is 1. The molecule has 188 valence electrons. The van der Waals surface area contributed by atoms with Gasteiger partial charge in [0.15, 0.2) is 0 Å². The predicted molar refractivity (Wildman–Crippen MR) is 131 cm³/mol. The normalized spacial score (nSPS) is 22.1. The molecule has 0 unspecified atom stereocenters. The van der Waals surface area contributed by atoms with E-state index in [1.165, 1.54) is 4.90 Å². The van der Waals surface area contributed by atoms with Crippen LogP contribution in [0.5, 0.6) is 5.75 Å². The zero-order valence-corrected chi connectivity index (χ0v) is 21.0. The largest absolute Gasteiger partial charge is 0.495 e. The van der Waals surface area contributed by atoms with E-state index in [4.69, 9.17) is 9.47 Å². The molecule has 4 rings (SSSR count). The summed E-state index contributed by atoms with van der Waals surface area (Å²) < 4.78 is 12.9. The highest BCUT2D eigenvalue weighted by molar-refractivity contribution is 5.99. The van der Waals surface area contributed by atoms with Crippen molar-refractivity contribution in [3.05, 3.63) is 47.6 Å². The lowest BCUT2D eigenvalue weighted by atomic mass is 9.98. The molecule has 9 heteroatoms. The first-order valence-electron chi connectivity index (χ1n) is 11.9. The number of aromatic nitrogens is 2. The minimum atomic E-state index is -0.816. The molecule has 0 aliphatic carbocycles. The molecule has 35 heavy (non-hydrogen) atoms. The van der Waals surface area contributed by atoms with Crippen LogP contribution in [0, 0.1) is 6.92 Å². The van der Waals surface area contributed by atoms with Gasteiger partial charge >= 0.3 is 6.09 Å². The summed E-state index contributed by atoms with van der Waals surface area (Å²) in [6.07, 6.45) is 5.69. The maximum atomic E-state index is 13.4. The predicted octanol–water partition coefficient (Wildman–Crippen LogP) is 3.18. The second-order valence-electron chi connectivity index (χ2n) is 10.1. The SMILES string of the molecule is COc1cc(/C=C2\CCCN([C@H]3CN(C(=O)OC(C)(C)C)C[C@H]3O)C2=O)ccc1-n1cnc(C)c1. The van der Waals surface area contributed by atoms with Gasteiger partial charge in [-0.2, -0.15) is 0 Å². The topological polar surface area (TPSA) is 97.1 Å². The molecule has 1 aromatic heterocycles. The Morgan fingerprint density at radius 2 is 2.03 bits per heavy atom. The minimum Gasteiger partial charge on any atom is -0.495 e. The van der Waals surface area contributed by atoms with Crippen molar-refractivity contribution in [2.45, 2.75) is 58.3 Å². The van der Waals surface area contributed by atoms with Crippen molar-refractivity contribution in [2.24, 2.45) is 0 Å². The molecular weight excluding hydrogens is 448 g/mol. The van der Waals surface area contributed by atoms with Crippen LogP contribution in [0.3, 0.4) is 0 Å². The molecule has 2 fully saturated rings. The first-order chi connectivity index (χ1) is 16.6. The Bertz CT molecular complexity index is 1130.